The zero-order valence-electron chi connectivity index (χ0n) is 43.5. The SMILES string of the molecule is CC[C@H](C)CCCC[C@@H](O)CC(=O)N[C@H](CO)C(=O)N[C@H]1CCNC(=O)[C@H](CC(C)C)NC(=O)[C@H](CCN)NC(=O)[C@H](CCN)NC(=O)[C@H](CC(C)C)NC(=O)[C@@H](CC(C)C)NC(=O)[C@H](CCN)NC1=O. The van der Waals surface area contributed by atoms with E-state index >= 15 is 0 Å². The van der Waals surface area contributed by atoms with Gasteiger partial charge in [0.15, 0.2) is 0 Å². The number of hydrogen-bond acceptors (Lipinski definition) is 14. The third kappa shape index (κ3) is 25.3. The Labute approximate surface area is 420 Å². The van der Waals surface area contributed by atoms with Crippen molar-refractivity contribution in [2.45, 2.75) is 193 Å². The molecule has 1 fully saturated rings. The normalized spacial score (nSPS) is 24.1. The molecule has 0 radical (unpaired) electrons. The molecule has 0 aromatic heterocycles. The van der Waals surface area contributed by atoms with Crippen molar-refractivity contribution in [1.82, 2.24) is 47.9 Å². The van der Waals surface area contributed by atoms with Crippen molar-refractivity contribution < 1.29 is 53.4 Å². The Morgan fingerprint density at radius 3 is 1.37 bits per heavy atom. The molecule has 0 spiro atoms. The van der Waals surface area contributed by atoms with Crippen LogP contribution in [0.15, 0.2) is 0 Å². The summed E-state index contributed by atoms with van der Waals surface area (Å²) in [6.07, 6.45) is 2.39. The van der Waals surface area contributed by atoms with Gasteiger partial charge in [-0.05, 0) is 94.7 Å². The number of hydrogen-bond donors (Lipinski definition) is 14. The molecule has 0 unspecified atom stereocenters. The summed E-state index contributed by atoms with van der Waals surface area (Å²) < 4.78 is 0. The molecule has 1 aliphatic rings. The van der Waals surface area contributed by atoms with Crippen molar-refractivity contribution in [3.8, 4) is 0 Å². The molecule has 0 saturated carbocycles. The number of aliphatic hydroxyl groups excluding tert-OH is 2. The van der Waals surface area contributed by atoms with Crippen LogP contribution in [0.5, 0.6) is 0 Å². The molecule has 0 aliphatic carbocycles. The fraction of sp³-hybridized carbons (Fsp3) is 0.812. The molecule has 17 N–H and O–H groups in total. The zero-order valence-corrected chi connectivity index (χ0v) is 43.5. The van der Waals surface area contributed by atoms with E-state index in [4.69, 9.17) is 17.2 Å². The molecule has 23 heteroatoms. The second kappa shape index (κ2) is 34.4. The van der Waals surface area contributed by atoms with E-state index < -0.39 is 114 Å². The van der Waals surface area contributed by atoms with Gasteiger partial charge in [0.05, 0.1) is 19.1 Å². The van der Waals surface area contributed by atoms with Gasteiger partial charge in [0.2, 0.25) is 53.2 Å². The molecule has 1 saturated heterocycles. The molecule has 1 aliphatic heterocycles. The molecule has 0 aromatic rings. The van der Waals surface area contributed by atoms with Crippen LogP contribution < -0.4 is 65.1 Å². The largest absolute Gasteiger partial charge is 0.394 e. The number of nitrogens with two attached hydrogens (primary N) is 3. The average molecular weight is 1010 g/mol. The number of unbranched alkanes of at least 4 members (excludes halogenated alkanes) is 1. The summed E-state index contributed by atoms with van der Waals surface area (Å²) in [5, 5.41) is 44.3. The molecule has 10 atom stereocenters. The Balaban J connectivity index is 3.75. The number of carbonyl (C=O) groups is 9. The van der Waals surface area contributed by atoms with E-state index in [1.165, 1.54) is 0 Å². The van der Waals surface area contributed by atoms with Gasteiger partial charge in [0, 0.05) is 6.54 Å². The highest BCUT2D eigenvalue weighted by atomic mass is 16.3. The maximum absolute atomic E-state index is 14.2. The first-order valence-electron chi connectivity index (χ1n) is 25.6. The Kier molecular flexibility index (Phi) is 31.0. The highest BCUT2D eigenvalue weighted by Crippen LogP contribution is 2.15. The Morgan fingerprint density at radius 1 is 0.592 bits per heavy atom. The van der Waals surface area contributed by atoms with Gasteiger partial charge in [-0.2, -0.15) is 0 Å². The van der Waals surface area contributed by atoms with Gasteiger partial charge in [0.1, 0.15) is 48.3 Å². The van der Waals surface area contributed by atoms with E-state index in [0.29, 0.717) is 18.8 Å². The van der Waals surface area contributed by atoms with Gasteiger partial charge >= 0.3 is 0 Å². The van der Waals surface area contributed by atoms with E-state index in [2.05, 4.69) is 61.7 Å². The Morgan fingerprint density at radius 2 is 0.972 bits per heavy atom. The minimum atomic E-state index is -1.57. The lowest BCUT2D eigenvalue weighted by molar-refractivity contribution is -0.136. The van der Waals surface area contributed by atoms with Crippen LogP contribution in [0.25, 0.3) is 0 Å². The molecule has 23 nitrogen and oxygen atoms in total. The van der Waals surface area contributed by atoms with Gasteiger partial charge in [-0.1, -0.05) is 81.1 Å². The molecule has 71 heavy (non-hydrogen) atoms. The van der Waals surface area contributed by atoms with Crippen molar-refractivity contribution in [3.63, 3.8) is 0 Å². The van der Waals surface area contributed by atoms with Crippen molar-refractivity contribution in [2.24, 2.45) is 40.9 Å². The first-order valence-corrected chi connectivity index (χ1v) is 25.6. The van der Waals surface area contributed by atoms with Crippen molar-refractivity contribution in [3.05, 3.63) is 0 Å². The first kappa shape index (κ1) is 64.0. The highest BCUT2D eigenvalue weighted by Gasteiger charge is 2.35. The van der Waals surface area contributed by atoms with Crippen molar-refractivity contribution in [2.75, 3.05) is 32.8 Å². The Bertz CT molecular complexity index is 1700. The first-order chi connectivity index (χ1) is 33.5. The van der Waals surface area contributed by atoms with Gasteiger partial charge in [-0.15, -0.1) is 0 Å². The van der Waals surface area contributed by atoms with Gasteiger partial charge in [-0.3, -0.25) is 43.2 Å². The number of amides is 9. The minimum Gasteiger partial charge on any atom is -0.394 e. The topological polar surface area (TPSA) is 380 Å². The van der Waals surface area contributed by atoms with Crippen LogP contribution in [0.2, 0.25) is 0 Å². The summed E-state index contributed by atoms with van der Waals surface area (Å²) in [5.41, 5.74) is 17.6. The average Bonchev–Trinajstić information content (AvgIpc) is 3.29. The number of nitrogens with one attached hydrogen (secondary N) is 9. The molecule has 408 valence electrons. The number of rotatable bonds is 24. The summed E-state index contributed by atoms with van der Waals surface area (Å²) in [6.45, 7) is 13.8. The van der Waals surface area contributed by atoms with E-state index in [1.807, 2.05) is 41.5 Å². The second-order valence-electron chi connectivity index (χ2n) is 20.1. The molecule has 9 amide bonds. The summed E-state index contributed by atoms with van der Waals surface area (Å²) >= 11 is 0. The van der Waals surface area contributed by atoms with Gasteiger partial charge in [0.25, 0.3) is 0 Å². The van der Waals surface area contributed by atoms with Crippen molar-refractivity contribution >= 4 is 53.2 Å². The van der Waals surface area contributed by atoms with Crippen molar-refractivity contribution in [1.29, 1.82) is 0 Å². The third-order valence-electron chi connectivity index (χ3n) is 12.1. The molecule has 0 bridgehead atoms. The van der Waals surface area contributed by atoms with Crippen LogP contribution >= 0.6 is 0 Å². The van der Waals surface area contributed by atoms with Crippen LogP contribution in [0.1, 0.15) is 139 Å². The maximum Gasteiger partial charge on any atom is 0.245 e. The van der Waals surface area contributed by atoms with Crippen LogP contribution in [0.4, 0.5) is 0 Å². The van der Waals surface area contributed by atoms with E-state index in [0.717, 1.165) is 19.3 Å². The highest BCUT2D eigenvalue weighted by molar-refractivity contribution is 5.98. The summed E-state index contributed by atoms with van der Waals surface area (Å²) in [5.74, 6) is -7.01. The predicted molar refractivity (Wildman–Crippen MR) is 268 cm³/mol. The zero-order chi connectivity index (χ0) is 53.8. The Hall–Kier alpha value is -4.97. The van der Waals surface area contributed by atoms with Crippen LogP contribution in [-0.4, -0.2) is 151 Å². The lowest BCUT2D eigenvalue weighted by Gasteiger charge is -2.29. The molecular formula is C48H90N12O11. The van der Waals surface area contributed by atoms with E-state index in [1.54, 1.807) is 0 Å². The lowest BCUT2D eigenvalue weighted by Crippen LogP contribution is -2.61. The smallest absolute Gasteiger partial charge is 0.245 e. The van der Waals surface area contributed by atoms with Crippen LogP contribution in [0, 0.1) is 23.7 Å². The molecule has 0 aromatic carbocycles. The lowest BCUT2D eigenvalue weighted by atomic mass is 9.99. The van der Waals surface area contributed by atoms with E-state index in [9.17, 15) is 53.4 Å². The fourth-order valence-corrected chi connectivity index (χ4v) is 7.89. The van der Waals surface area contributed by atoms with Gasteiger partial charge in [-0.25, -0.2) is 0 Å². The number of carbonyl (C=O) groups excluding carboxylic acids is 9. The second-order valence-corrected chi connectivity index (χ2v) is 20.1. The van der Waals surface area contributed by atoms with Crippen LogP contribution in [0.3, 0.4) is 0 Å². The predicted octanol–water partition coefficient (Wildman–Crippen LogP) is -2.08. The van der Waals surface area contributed by atoms with Crippen LogP contribution in [-0.2, 0) is 43.2 Å². The van der Waals surface area contributed by atoms with E-state index in [-0.39, 0.29) is 95.3 Å². The standard InChI is InChI=1S/C48H90N12O11/c1-9-30(8)12-10-11-13-31(62)25-40(63)53-39(26-61)48(71)57-35-17-21-52-41(64)36(22-27(2)3)58-43(66)33(15-19-50)54-42(65)32(14-18-49)56-46(69)37(23-28(4)5)60-47(70)38(24-29(6)7)59-44(67)34(16-20-51)55-45(35)68/h27-39,61-62H,9-26,49-51H2,1-8H3,(H,52,64)(H,53,63)(H,54,65)(H,55,68)(H,56,69)(H,57,71)(H,58,66)(H,59,67)(H,60,70)/t30-,31+,32-,33-,34-,35-,36-,37-,38+,39+/m0/s1. The summed E-state index contributed by atoms with van der Waals surface area (Å²) in [6, 6.07) is -10.6. The number of aliphatic hydroxyl groups is 2. The summed E-state index contributed by atoms with van der Waals surface area (Å²) in [4.78, 5) is 124. The molecule has 1 rings (SSSR count). The fourth-order valence-electron chi connectivity index (χ4n) is 7.89. The minimum absolute atomic E-state index is 0.0417. The molecular weight excluding hydrogens is 921 g/mol. The third-order valence-corrected chi connectivity index (χ3v) is 12.1. The quantitative estimate of drug-likeness (QED) is 0.0462. The maximum atomic E-state index is 14.2. The molecule has 1 heterocycles. The summed E-state index contributed by atoms with van der Waals surface area (Å²) in [7, 11) is 0. The van der Waals surface area contributed by atoms with Gasteiger partial charge < -0.3 is 75.3 Å². The monoisotopic (exact) mass is 1010 g/mol.